The Labute approximate surface area is 145 Å². The smallest absolute Gasteiger partial charge is 0.248 e. The average molecular weight is 334 g/mol. The van der Waals surface area contributed by atoms with Crippen LogP contribution >= 0.6 is 0 Å². The predicted octanol–water partition coefficient (Wildman–Crippen LogP) is 3.90. The molecule has 126 valence electrons. The summed E-state index contributed by atoms with van der Waals surface area (Å²) < 4.78 is 10.4. The van der Waals surface area contributed by atoms with Gasteiger partial charge in [0.2, 0.25) is 5.91 Å². The van der Waals surface area contributed by atoms with Gasteiger partial charge in [0, 0.05) is 17.5 Å². The van der Waals surface area contributed by atoms with Crippen LogP contribution in [-0.2, 0) is 4.79 Å². The van der Waals surface area contributed by atoms with Crippen LogP contribution in [0.15, 0.2) is 60.8 Å². The quantitative estimate of drug-likeness (QED) is 0.719. The van der Waals surface area contributed by atoms with E-state index >= 15 is 0 Å². The van der Waals surface area contributed by atoms with Gasteiger partial charge < -0.3 is 14.8 Å². The van der Waals surface area contributed by atoms with Crippen LogP contribution in [0.5, 0.6) is 11.5 Å². The van der Waals surface area contributed by atoms with E-state index in [4.69, 9.17) is 9.47 Å². The molecule has 2 aromatic carbocycles. The van der Waals surface area contributed by atoms with Gasteiger partial charge in [-0.25, -0.2) is 0 Å². The third-order valence-corrected chi connectivity index (χ3v) is 3.66. The highest BCUT2D eigenvalue weighted by Gasteiger charge is 2.02. The number of methoxy groups -OCH3 is 2. The summed E-state index contributed by atoms with van der Waals surface area (Å²) in [7, 11) is 3.17. The largest absolute Gasteiger partial charge is 0.497 e. The molecule has 0 unspecified atom stereocenters. The predicted molar refractivity (Wildman–Crippen MR) is 99.0 cm³/mol. The number of fused-ring (bicyclic) bond motifs is 1. The van der Waals surface area contributed by atoms with E-state index < -0.39 is 0 Å². The highest BCUT2D eigenvalue weighted by atomic mass is 16.5. The van der Waals surface area contributed by atoms with Crippen LogP contribution in [0.3, 0.4) is 0 Å². The maximum Gasteiger partial charge on any atom is 0.248 e. The number of hydrogen-bond acceptors (Lipinski definition) is 4. The van der Waals surface area contributed by atoms with E-state index in [0.717, 1.165) is 16.5 Å². The molecule has 5 heteroatoms. The lowest BCUT2D eigenvalue weighted by molar-refractivity contribution is -0.111. The molecule has 0 atom stereocenters. The van der Waals surface area contributed by atoms with Gasteiger partial charge in [0.25, 0.3) is 0 Å². The van der Waals surface area contributed by atoms with Gasteiger partial charge in [-0.05, 0) is 35.9 Å². The maximum absolute atomic E-state index is 12.1. The van der Waals surface area contributed by atoms with E-state index in [1.165, 1.54) is 6.08 Å². The summed E-state index contributed by atoms with van der Waals surface area (Å²) in [5.74, 6) is 1.09. The molecule has 3 aromatic rings. The molecule has 1 aromatic heterocycles. The molecule has 0 aliphatic rings. The van der Waals surface area contributed by atoms with Gasteiger partial charge >= 0.3 is 0 Å². The van der Waals surface area contributed by atoms with E-state index in [9.17, 15) is 4.79 Å². The minimum Gasteiger partial charge on any atom is -0.497 e. The van der Waals surface area contributed by atoms with Crippen molar-refractivity contribution in [3.05, 3.63) is 66.4 Å². The zero-order valence-electron chi connectivity index (χ0n) is 14.0. The second-order valence-corrected chi connectivity index (χ2v) is 5.39. The highest BCUT2D eigenvalue weighted by molar-refractivity contribution is 6.02. The van der Waals surface area contributed by atoms with Gasteiger partial charge in [0.1, 0.15) is 11.5 Å². The molecule has 0 fully saturated rings. The standard InChI is InChI=1S/C20H18N2O3/c1-24-17-9-14(10-18(12-17)25-2)7-8-20(23)22-16-11-15-5-3-4-6-19(15)21-13-16/h3-13H,1-2H3,(H,22,23)/b8-7+. The van der Waals surface area contributed by atoms with E-state index in [1.807, 2.05) is 42.5 Å². The van der Waals surface area contributed by atoms with Gasteiger partial charge in [0.15, 0.2) is 0 Å². The molecule has 1 amide bonds. The minimum atomic E-state index is -0.237. The summed E-state index contributed by atoms with van der Waals surface area (Å²) >= 11 is 0. The Bertz CT molecular complexity index is 913. The van der Waals surface area contributed by atoms with Crippen LogP contribution in [0.4, 0.5) is 5.69 Å². The number of anilines is 1. The topological polar surface area (TPSA) is 60.5 Å². The summed E-state index contributed by atoms with van der Waals surface area (Å²) in [5.41, 5.74) is 2.35. The Morgan fingerprint density at radius 1 is 1.04 bits per heavy atom. The Balaban J connectivity index is 1.74. The van der Waals surface area contributed by atoms with Crippen LogP contribution < -0.4 is 14.8 Å². The number of para-hydroxylation sites is 1. The van der Waals surface area contributed by atoms with Gasteiger partial charge in [-0.15, -0.1) is 0 Å². The summed E-state index contributed by atoms with van der Waals surface area (Å²) in [4.78, 5) is 16.5. The lowest BCUT2D eigenvalue weighted by Crippen LogP contribution is -2.07. The van der Waals surface area contributed by atoms with Crippen LogP contribution in [0.25, 0.3) is 17.0 Å². The van der Waals surface area contributed by atoms with E-state index in [1.54, 1.807) is 32.6 Å². The van der Waals surface area contributed by atoms with Crippen molar-refractivity contribution in [2.24, 2.45) is 0 Å². The normalized spacial score (nSPS) is 10.8. The first kappa shape index (κ1) is 16.5. The van der Waals surface area contributed by atoms with Crippen molar-refractivity contribution >= 4 is 28.6 Å². The Morgan fingerprint density at radius 2 is 1.76 bits per heavy atom. The maximum atomic E-state index is 12.1. The van der Waals surface area contributed by atoms with E-state index in [2.05, 4.69) is 10.3 Å². The van der Waals surface area contributed by atoms with Crippen molar-refractivity contribution in [1.29, 1.82) is 0 Å². The van der Waals surface area contributed by atoms with Crippen LogP contribution in [0.1, 0.15) is 5.56 Å². The molecule has 0 spiro atoms. The molecule has 5 nitrogen and oxygen atoms in total. The first-order chi connectivity index (χ1) is 12.2. The SMILES string of the molecule is COc1cc(/C=C/C(=O)Nc2cnc3ccccc3c2)cc(OC)c1. The monoisotopic (exact) mass is 334 g/mol. The number of pyridine rings is 1. The molecular weight excluding hydrogens is 316 g/mol. The summed E-state index contributed by atoms with van der Waals surface area (Å²) in [6, 6.07) is 15.1. The van der Waals surface area contributed by atoms with Crippen molar-refractivity contribution in [3.63, 3.8) is 0 Å². The second-order valence-electron chi connectivity index (χ2n) is 5.39. The van der Waals surface area contributed by atoms with Gasteiger partial charge in [-0.3, -0.25) is 9.78 Å². The minimum absolute atomic E-state index is 0.237. The van der Waals surface area contributed by atoms with Crippen molar-refractivity contribution in [2.45, 2.75) is 0 Å². The van der Waals surface area contributed by atoms with Crippen molar-refractivity contribution in [2.75, 3.05) is 19.5 Å². The number of nitrogens with one attached hydrogen (secondary N) is 1. The number of aromatic nitrogens is 1. The van der Waals surface area contributed by atoms with Crippen molar-refractivity contribution < 1.29 is 14.3 Å². The Hall–Kier alpha value is -3.34. The van der Waals surface area contributed by atoms with E-state index in [-0.39, 0.29) is 5.91 Å². The number of nitrogens with zero attached hydrogens (tertiary/aromatic N) is 1. The lowest BCUT2D eigenvalue weighted by Gasteiger charge is -2.06. The van der Waals surface area contributed by atoms with Crippen molar-refractivity contribution in [3.8, 4) is 11.5 Å². The third kappa shape index (κ3) is 4.14. The van der Waals surface area contributed by atoms with Crippen LogP contribution in [-0.4, -0.2) is 25.1 Å². The third-order valence-electron chi connectivity index (χ3n) is 3.66. The number of hydrogen-bond donors (Lipinski definition) is 1. The molecule has 0 bridgehead atoms. The first-order valence-electron chi connectivity index (χ1n) is 7.75. The number of carbonyl (C=O) groups excluding carboxylic acids is 1. The fourth-order valence-corrected chi connectivity index (χ4v) is 2.42. The molecule has 0 saturated carbocycles. The van der Waals surface area contributed by atoms with Crippen LogP contribution in [0, 0.1) is 0 Å². The van der Waals surface area contributed by atoms with Gasteiger partial charge in [-0.2, -0.15) is 0 Å². The van der Waals surface area contributed by atoms with E-state index in [0.29, 0.717) is 17.2 Å². The lowest BCUT2D eigenvalue weighted by atomic mass is 10.2. The molecule has 1 heterocycles. The summed E-state index contributed by atoms with van der Waals surface area (Å²) in [6.07, 6.45) is 4.81. The molecule has 3 rings (SSSR count). The number of amides is 1. The first-order valence-corrected chi connectivity index (χ1v) is 7.75. The highest BCUT2D eigenvalue weighted by Crippen LogP contribution is 2.23. The zero-order chi connectivity index (χ0) is 17.6. The Kier molecular flexibility index (Phi) is 4.95. The van der Waals surface area contributed by atoms with Gasteiger partial charge in [0.05, 0.1) is 31.6 Å². The van der Waals surface area contributed by atoms with Gasteiger partial charge in [-0.1, -0.05) is 18.2 Å². The summed E-state index contributed by atoms with van der Waals surface area (Å²) in [6.45, 7) is 0. The second kappa shape index (κ2) is 7.49. The number of rotatable bonds is 5. The molecule has 1 N–H and O–H groups in total. The number of ether oxygens (including phenoxy) is 2. The molecule has 0 aliphatic carbocycles. The fraction of sp³-hybridized carbons (Fsp3) is 0.100. The number of benzene rings is 2. The molecule has 0 aliphatic heterocycles. The summed E-state index contributed by atoms with van der Waals surface area (Å²) in [5, 5.41) is 3.78. The zero-order valence-corrected chi connectivity index (χ0v) is 14.0. The average Bonchev–Trinajstić information content (AvgIpc) is 2.66. The Morgan fingerprint density at radius 3 is 2.48 bits per heavy atom. The fourth-order valence-electron chi connectivity index (χ4n) is 2.42. The number of carbonyl (C=O) groups is 1. The molecule has 0 saturated heterocycles. The molecule has 0 radical (unpaired) electrons. The van der Waals surface area contributed by atoms with Crippen LogP contribution in [0.2, 0.25) is 0 Å². The van der Waals surface area contributed by atoms with Crippen molar-refractivity contribution in [1.82, 2.24) is 4.98 Å². The molecule has 25 heavy (non-hydrogen) atoms. The molecular formula is C20H18N2O3.